The zero-order valence-electron chi connectivity index (χ0n) is 16.0. The average Bonchev–Trinajstić information content (AvgIpc) is 2.98. The molecule has 0 spiro atoms. The molecular weight excluding hydrogens is 367 g/mol. The molecule has 1 N–H and O–H groups in total. The second kappa shape index (κ2) is 8.22. The van der Waals surface area contributed by atoms with Crippen molar-refractivity contribution in [2.75, 3.05) is 30.4 Å². The summed E-state index contributed by atoms with van der Waals surface area (Å²) in [7, 11) is 1.70. The zero-order chi connectivity index (χ0) is 19.6. The Morgan fingerprint density at radius 3 is 2.70 bits per heavy atom. The fourth-order valence-corrected chi connectivity index (χ4v) is 4.07. The highest BCUT2D eigenvalue weighted by Crippen LogP contribution is 2.26. The number of nitrogens with one attached hydrogen (secondary N) is 1. The first-order chi connectivity index (χ1) is 12.8. The highest BCUT2D eigenvalue weighted by molar-refractivity contribution is 7.11. The summed E-state index contributed by atoms with van der Waals surface area (Å²) in [5.74, 6) is -0.352. The van der Waals surface area contributed by atoms with Crippen molar-refractivity contribution in [3.8, 4) is 0 Å². The fourth-order valence-electron chi connectivity index (χ4n) is 3.22. The van der Waals surface area contributed by atoms with E-state index in [-0.39, 0.29) is 24.1 Å². The van der Waals surface area contributed by atoms with Crippen molar-refractivity contribution in [2.24, 2.45) is 0 Å². The maximum atomic E-state index is 14.6. The molecular formula is C19H25FN4O2S. The Kier molecular flexibility index (Phi) is 5.96. The molecule has 0 saturated carbocycles. The van der Waals surface area contributed by atoms with Gasteiger partial charge in [0.2, 0.25) is 0 Å². The number of rotatable bonds is 4. The van der Waals surface area contributed by atoms with Crippen LogP contribution in [0.15, 0.2) is 24.4 Å². The molecule has 0 radical (unpaired) electrons. The van der Waals surface area contributed by atoms with Crippen LogP contribution < -0.4 is 10.2 Å². The SMILES string of the molecule is Cc1ncc(CN(C)C(=O)Nc2ccc(N3C[C@@H](C)O[C@@H](C)C3)c(F)c2)s1. The molecule has 0 unspecified atom stereocenters. The van der Waals surface area contributed by atoms with Crippen LogP contribution in [-0.2, 0) is 11.3 Å². The van der Waals surface area contributed by atoms with Crippen LogP contribution in [0.1, 0.15) is 23.7 Å². The first-order valence-electron chi connectivity index (χ1n) is 8.95. The van der Waals surface area contributed by atoms with Crippen LogP contribution in [0.5, 0.6) is 0 Å². The van der Waals surface area contributed by atoms with Crippen LogP contribution in [-0.4, -0.2) is 48.3 Å². The third-order valence-corrected chi connectivity index (χ3v) is 5.27. The summed E-state index contributed by atoms with van der Waals surface area (Å²) in [4.78, 5) is 21.1. The van der Waals surface area contributed by atoms with E-state index in [1.807, 2.05) is 25.7 Å². The number of hydrogen-bond donors (Lipinski definition) is 1. The number of anilines is 2. The quantitative estimate of drug-likeness (QED) is 0.858. The van der Waals surface area contributed by atoms with Gasteiger partial charge in [0, 0.05) is 36.9 Å². The predicted octanol–water partition coefficient (Wildman–Crippen LogP) is 3.87. The molecule has 2 atom stereocenters. The van der Waals surface area contributed by atoms with E-state index < -0.39 is 0 Å². The van der Waals surface area contributed by atoms with E-state index >= 15 is 0 Å². The van der Waals surface area contributed by atoms with Crippen molar-refractivity contribution < 1.29 is 13.9 Å². The number of hydrogen-bond acceptors (Lipinski definition) is 5. The van der Waals surface area contributed by atoms with E-state index in [0.29, 0.717) is 31.0 Å². The number of nitrogens with zero attached hydrogens (tertiary/aromatic N) is 3. The molecule has 8 heteroatoms. The van der Waals surface area contributed by atoms with Crippen LogP contribution >= 0.6 is 11.3 Å². The molecule has 1 aromatic carbocycles. The lowest BCUT2D eigenvalue weighted by Crippen LogP contribution is -2.45. The number of aromatic nitrogens is 1. The average molecular weight is 393 g/mol. The molecule has 1 fully saturated rings. The summed E-state index contributed by atoms with van der Waals surface area (Å²) in [5, 5.41) is 3.71. The molecule has 6 nitrogen and oxygen atoms in total. The van der Waals surface area contributed by atoms with Gasteiger partial charge in [0.15, 0.2) is 0 Å². The van der Waals surface area contributed by atoms with Crippen molar-refractivity contribution in [2.45, 2.75) is 39.5 Å². The lowest BCUT2D eigenvalue weighted by Gasteiger charge is -2.37. The number of aryl methyl sites for hydroxylation is 1. The van der Waals surface area contributed by atoms with Crippen LogP contribution in [0.3, 0.4) is 0 Å². The van der Waals surface area contributed by atoms with Gasteiger partial charge in [-0.1, -0.05) is 0 Å². The molecule has 1 aliphatic rings. The van der Waals surface area contributed by atoms with Crippen molar-refractivity contribution in [3.05, 3.63) is 40.1 Å². The highest BCUT2D eigenvalue weighted by atomic mass is 32.1. The first-order valence-corrected chi connectivity index (χ1v) is 9.77. The smallest absolute Gasteiger partial charge is 0.321 e. The summed E-state index contributed by atoms with van der Waals surface area (Å²) in [6, 6.07) is 4.51. The molecule has 146 valence electrons. The summed E-state index contributed by atoms with van der Waals surface area (Å²) in [5.41, 5.74) is 0.964. The zero-order valence-corrected chi connectivity index (χ0v) is 16.8. The summed E-state index contributed by atoms with van der Waals surface area (Å²) in [6.45, 7) is 7.63. The van der Waals surface area contributed by atoms with Crippen molar-refractivity contribution in [1.82, 2.24) is 9.88 Å². The topological polar surface area (TPSA) is 57.7 Å². The third kappa shape index (κ3) is 4.95. The standard InChI is InChI=1S/C19H25FN4O2S/c1-12-9-24(10-13(2)26-12)18-6-5-15(7-17(18)20)22-19(25)23(4)11-16-8-21-14(3)27-16/h5-8,12-13H,9-11H2,1-4H3,(H,22,25)/t12-,13+. The second-order valence-electron chi connectivity index (χ2n) is 6.96. The van der Waals surface area contributed by atoms with Gasteiger partial charge in [-0.25, -0.2) is 14.2 Å². The molecule has 1 aromatic heterocycles. The van der Waals surface area contributed by atoms with E-state index in [4.69, 9.17) is 4.74 Å². The number of carbonyl (C=O) groups is 1. The Hall–Kier alpha value is -2.19. The Balaban J connectivity index is 1.63. The largest absolute Gasteiger partial charge is 0.372 e. The van der Waals surface area contributed by atoms with Gasteiger partial charge in [0.25, 0.3) is 0 Å². The van der Waals surface area contributed by atoms with E-state index in [2.05, 4.69) is 10.3 Å². The molecule has 2 heterocycles. The van der Waals surface area contributed by atoms with E-state index in [9.17, 15) is 9.18 Å². The predicted molar refractivity (Wildman–Crippen MR) is 106 cm³/mol. The third-order valence-electron chi connectivity index (χ3n) is 4.37. The number of benzene rings is 1. The number of halogens is 1. The Morgan fingerprint density at radius 1 is 1.41 bits per heavy atom. The number of thiazole rings is 1. The molecule has 27 heavy (non-hydrogen) atoms. The maximum absolute atomic E-state index is 14.6. The van der Waals surface area contributed by atoms with Gasteiger partial charge >= 0.3 is 6.03 Å². The first kappa shape index (κ1) is 19.6. The number of ether oxygens (including phenoxy) is 1. The van der Waals surface area contributed by atoms with E-state index in [0.717, 1.165) is 9.88 Å². The van der Waals surface area contributed by atoms with E-state index in [1.165, 1.54) is 6.07 Å². The van der Waals surface area contributed by atoms with Gasteiger partial charge in [-0.05, 0) is 39.0 Å². The lowest BCUT2D eigenvalue weighted by molar-refractivity contribution is -0.00539. The van der Waals surface area contributed by atoms with Gasteiger partial charge in [-0.3, -0.25) is 0 Å². The molecule has 1 aliphatic heterocycles. The van der Waals surface area contributed by atoms with E-state index in [1.54, 1.807) is 41.6 Å². The number of urea groups is 1. The molecule has 2 amide bonds. The normalized spacial score (nSPS) is 19.8. The van der Waals surface area contributed by atoms with Crippen molar-refractivity contribution in [3.63, 3.8) is 0 Å². The molecule has 3 rings (SSSR count). The lowest BCUT2D eigenvalue weighted by atomic mass is 10.2. The van der Waals surface area contributed by atoms with Crippen LogP contribution in [0.25, 0.3) is 0 Å². The number of carbonyl (C=O) groups excluding carboxylic acids is 1. The highest BCUT2D eigenvalue weighted by Gasteiger charge is 2.24. The van der Waals surface area contributed by atoms with Crippen molar-refractivity contribution >= 4 is 28.7 Å². The maximum Gasteiger partial charge on any atom is 0.321 e. The fraction of sp³-hybridized carbons (Fsp3) is 0.474. The molecule has 0 bridgehead atoms. The molecule has 0 aliphatic carbocycles. The summed E-state index contributed by atoms with van der Waals surface area (Å²) in [6.07, 6.45) is 1.87. The van der Waals surface area contributed by atoms with Crippen molar-refractivity contribution in [1.29, 1.82) is 0 Å². The summed E-state index contributed by atoms with van der Waals surface area (Å²) >= 11 is 1.55. The molecule has 2 aromatic rings. The number of amides is 2. The van der Waals surface area contributed by atoms with Gasteiger partial charge in [-0.2, -0.15) is 0 Å². The minimum absolute atomic E-state index is 0.0524. The minimum Gasteiger partial charge on any atom is -0.372 e. The van der Waals surface area contributed by atoms with Crippen LogP contribution in [0.4, 0.5) is 20.6 Å². The monoisotopic (exact) mass is 392 g/mol. The minimum atomic E-state index is -0.352. The second-order valence-corrected chi connectivity index (χ2v) is 8.28. The van der Waals surface area contributed by atoms with Gasteiger partial charge in [-0.15, -0.1) is 11.3 Å². The van der Waals surface area contributed by atoms with Crippen LogP contribution in [0.2, 0.25) is 0 Å². The Labute approximate surface area is 163 Å². The van der Waals surface area contributed by atoms with Gasteiger partial charge < -0.3 is 19.9 Å². The van der Waals surface area contributed by atoms with Crippen LogP contribution in [0, 0.1) is 12.7 Å². The summed E-state index contributed by atoms with van der Waals surface area (Å²) < 4.78 is 20.3. The Bertz CT molecular complexity index is 803. The molecule has 1 saturated heterocycles. The Morgan fingerprint density at radius 2 is 2.11 bits per heavy atom. The van der Waals surface area contributed by atoms with Gasteiger partial charge in [0.05, 0.1) is 29.4 Å². The number of morpholine rings is 1. The van der Waals surface area contributed by atoms with Gasteiger partial charge in [0.1, 0.15) is 5.82 Å².